The molecule has 0 fully saturated rings. The number of aromatic nitrogens is 5. The van der Waals surface area contributed by atoms with E-state index >= 15 is 0 Å². The summed E-state index contributed by atoms with van der Waals surface area (Å²) in [5, 5.41) is 0. The molecule has 0 atom stereocenters. The molecule has 0 amide bonds. The van der Waals surface area contributed by atoms with Crippen molar-refractivity contribution < 1.29 is 0 Å². The summed E-state index contributed by atoms with van der Waals surface area (Å²) in [6.45, 7) is 0.684. The van der Waals surface area contributed by atoms with Gasteiger partial charge in [0.25, 0.3) is 5.56 Å². The normalized spacial score (nSPS) is 11.6. The van der Waals surface area contributed by atoms with E-state index in [1.54, 1.807) is 11.4 Å². The van der Waals surface area contributed by atoms with Crippen molar-refractivity contribution in [3.05, 3.63) is 91.7 Å². The van der Waals surface area contributed by atoms with Crippen molar-refractivity contribution in [1.82, 2.24) is 23.1 Å². The van der Waals surface area contributed by atoms with Gasteiger partial charge in [0.2, 0.25) is 5.78 Å². The molecular formula is C23H20BrN5O2. The highest BCUT2D eigenvalue weighted by Crippen LogP contribution is 2.27. The number of hydrogen-bond acceptors (Lipinski definition) is 3. The maximum absolute atomic E-state index is 12.9. The smallest absolute Gasteiger partial charge is 0.309 e. The summed E-state index contributed by atoms with van der Waals surface area (Å²) in [6.07, 6.45) is 2.75. The highest BCUT2D eigenvalue weighted by Gasteiger charge is 2.20. The van der Waals surface area contributed by atoms with Crippen LogP contribution in [0.15, 0.2) is 74.9 Å². The first-order valence-corrected chi connectivity index (χ1v) is 10.7. The summed E-state index contributed by atoms with van der Waals surface area (Å²) in [5.41, 5.74) is 3.25. The third kappa shape index (κ3) is 3.14. The lowest BCUT2D eigenvalue weighted by Crippen LogP contribution is -2.37. The summed E-state index contributed by atoms with van der Waals surface area (Å²) in [6, 6.07) is 18.3. The van der Waals surface area contributed by atoms with Crippen LogP contribution in [0.1, 0.15) is 5.56 Å². The highest BCUT2D eigenvalue weighted by atomic mass is 79.9. The van der Waals surface area contributed by atoms with Gasteiger partial charge in [-0.05, 0) is 29.7 Å². The molecule has 0 aliphatic rings. The van der Waals surface area contributed by atoms with Crippen molar-refractivity contribution in [2.75, 3.05) is 0 Å². The lowest BCUT2D eigenvalue weighted by atomic mass is 10.1. The number of benzene rings is 2. The predicted octanol–water partition coefficient (Wildman–Crippen LogP) is 3.36. The van der Waals surface area contributed by atoms with Crippen LogP contribution < -0.4 is 11.2 Å². The second-order valence-corrected chi connectivity index (χ2v) is 8.48. The summed E-state index contributed by atoms with van der Waals surface area (Å²) in [4.78, 5) is 30.0. The molecule has 5 rings (SSSR count). The van der Waals surface area contributed by atoms with Gasteiger partial charge >= 0.3 is 5.69 Å². The van der Waals surface area contributed by atoms with Gasteiger partial charge in [-0.25, -0.2) is 4.79 Å². The van der Waals surface area contributed by atoms with E-state index in [9.17, 15) is 9.59 Å². The number of aryl methyl sites for hydroxylation is 3. The van der Waals surface area contributed by atoms with Crippen molar-refractivity contribution in [3.63, 3.8) is 0 Å². The average molecular weight is 478 g/mol. The third-order valence-electron chi connectivity index (χ3n) is 5.66. The van der Waals surface area contributed by atoms with Crippen molar-refractivity contribution in [3.8, 4) is 11.3 Å². The molecule has 7 nitrogen and oxygen atoms in total. The van der Waals surface area contributed by atoms with Crippen molar-refractivity contribution in [2.24, 2.45) is 14.1 Å². The Labute approximate surface area is 185 Å². The third-order valence-corrected chi connectivity index (χ3v) is 6.19. The van der Waals surface area contributed by atoms with E-state index < -0.39 is 0 Å². The number of rotatable bonds is 4. The molecule has 0 saturated carbocycles. The second kappa shape index (κ2) is 7.39. The molecule has 156 valence electrons. The molecule has 0 aliphatic carbocycles. The summed E-state index contributed by atoms with van der Waals surface area (Å²) < 4.78 is 7.46. The Bertz CT molecular complexity index is 1540. The van der Waals surface area contributed by atoms with E-state index in [1.807, 2.05) is 48.7 Å². The average Bonchev–Trinajstić information content (AvgIpc) is 3.32. The fourth-order valence-electron chi connectivity index (χ4n) is 3.97. The maximum Gasteiger partial charge on any atom is 0.332 e. The Morgan fingerprint density at radius 2 is 1.65 bits per heavy atom. The topological polar surface area (TPSA) is 66.2 Å². The molecule has 3 heterocycles. The van der Waals surface area contributed by atoms with Gasteiger partial charge in [-0.1, -0.05) is 58.4 Å². The number of hydrogen-bond donors (Lipinski definition) is 0. The van der Waals surface area contributed by atoms with Gasteiger partial charge in [0.15, 0.2) is 11.2 Å². The Morgan fingerprint density at radius 3 is 2.35 bits per heavy atom. The molecule has 0 spiro atoms. The highest BCUT2D eigenvalue weighted by molar-refractivity contribution is 9.10. The molecule has 0 N–H and O–H groups in total. The van der Waals surface area contributed by atoms with E-state index in [0.717, 1.165) is 26.7 Å². The van der Waals surface area contributed by atoms with Gasteiger partial charge in [0.1, 0.15) is 0 Å². The van der Waals surface area contributed by atoms with Crippen LogP contribution in [0.25, 0.3) is 28.2 Å². The van der Waals surface area contributed by atoms with Gasteiger partial charge in [-0.15, -0.1) is 0 Å². The molecule has 8 heteroatoms. The number of fused-ring (bicyclic) bond motifs is 3. The van der Waals surface area contributed by atoms with Crippen LogP contribution in [0.5, 0.6) is 0 Å². The predicted molar refractivity (Wildman–Crippen MR) is 124 cm³/mol. The molecule has 5 aromatic rings. The summed E-state index contributed by atoms with van der Waals surface area (Å²) in [5.74, 6) is 0.641. The summed E-state index contributed by atoms with van der Waals surface area (Å²) >= 11 is 3.49. The van der Waals surface area contributed by atoms with Gasteiger partial charge in [-0.3, -0.25) is 18.3 Å². The van der Waals surface area contributed by atoms with Gasteiger partial charge < -0.3 is 4.57 Å². The minimum Gasteiger partial charge on any atom is -0.309 e. The second-order valence-electron chi connectivity index (χ2n) is 7.57. The minimum absolute atomic E-state index is 0.354. The zero-order chi connectivity index (χ0) is 21.7. The van der Waals surface area contributed by atoms with Gasteiger partial charge in [-0.2, -0.15) is 4.98 Å². The van der Waals surface area contributed by atoms with Gasteiger partial charge in [0.05, 0.1) is 5.69 Å². The van der Waals surface area contributed by atoms with Crippen LogP contribution in [0, 0.1) is 0 Å². The largest absolute Gasteiger partial charge is 0.332 e. The van der Waals surface area contributed by atoms with Crippen LogP contribution in [-0.4, -0.2) is 23.1 Å². The molecular weight excluding hydrogens is 458 g/mol. The first-order chi connectivity index (χ1) is 15.0. The molecule has 2 aromatic carbocycles. The zero-order valence-corrected chi connectivity index (χ0v) is 18.7. The Hall–Kier alpha value is -3.39. The summed E-state index contributed by atoms with van der Waals surface area (Å²) in [7, 11) is 3.13. The number of imidazole rings is 2. The first kappa shape index (κ1) is 19.6. The molecule has 0 bridgehead atoms. The Morgan fingerprint density at radius 1 is 0.935 bits per heavy atom. The van der Waals surface area contributed by atoms with E-state index in [4.69, 9.17) is 4.98 Å². The van der Waals surface area contributed by atoms with E-state index in [1.165, 1.54) is 17.2 Å². The fourth-order valence-corrected chi connectivity index (χ4v) is 4.24. The molecule has 0 saturated heterocycles. The number of halogens is 1. The molecule has 0 radical (unpaired) electrons. The van der Waals surface area contributed by atoms with E-state index in [-0.39, 0.29) is 11.2 Å². The van der Waals surface area contributed by atoms with Crippen LogP contribution in [0.3, 0.4) is 0 Å². The molecule has 0 unspecified atom stereocenters. The van der Waals surface area contributed by atoms with Crippen molar-refractivity contribution in [1.29, 1.82) is 0 Å². The van der Waals surface area contributed by atoms with Crippen LogP contribution >= 0.6 is 15.9 Å². The van der Waals surface area contributed by atoms with Crippen molar-refractivity contribution >= 4 is 32.9 Å². The lowest BCUT2D eigenvalue weighted by Gasteiger charge is -2.09. The SMILES string of the molecule is Cn1c(=O)c2c(nc3n(CCc4ccccc4)c(-c4ccc(Br)cc4)cn23)n(C)c1=O. The fraction of sp³-hybridized carbons (Fsp3) is 0.174. The lowest BCUT2D eigenvalue weighted by molar-refractivity contribution is 0.706. The van der Waals surface area contributed by atoms with Crippen LogP contribution in [-0.2, 0) is 27.1 Å². The maximum atomic E-state index is 12.9. The Kier molecular flexibility index (Phi) is 4.66. The molecule has 3 aromatic heterocycles. The monoisotopic (exact) mass is 477 g/mol. The zero-order valence-electron chi connectivity index (χ0n) is 17.1. The van der Waals surface area contributed by atoms with Crippen molar-refractivity contribution in [2.45, 2.75) is 13.0 Å². The van der Waals surface area contributed by atoms with Crippen LogP contribution in [0.2, 0.25) is 0 Å². The standard InChI is InChI=1S/C23H20BrN5O2/c1-26-20-19(21(30)27(2)23(26)31)29-14-18(16-8-10-17(24)11-9-16)28(22(29)25-20)13-12-15-6-4-3-5-7-15/h3-11,14H,12-13H2,1-2H3. The van der Waals surface area contributed by atoms with Crippen LogP contribution in [0.4, 0.5) is 0 Å². The van der Waals surface area contributed by atoms with E-state index in [0.29, 0.717) is 23.5 Å². The van der Waals surface area contributed by atoms with E-state index in [2.05, 4.69) is 32.6 Å². The minimum atomic E-state index is -0.387. The Balaban J connectivity index is 1.77. The first-order valence-electron chi connectivity index (χ1n) is 9.93. The van der Waals surface area contributed by atoms with Gasteiger partial charge in [0, 0.05) is 31.3 Å². The molecule has 0 aliphatic heterocycles. The quantitative estimate of drug-likeness (QED) is 0.398. The number of nitrogens with zero attached hydrogens (tertiary/aromatic N) is 5. The molecule has 31 heavy (non-hydrogen) atoms.